The van der Waals surface area contributed by atoms with E-state index in [9.17, 15) is 9.90 Å². The van der Waals surface area contributed by atoms with E-state index in [4.69, 9.17) is 0 Å². The monoisotopic (exact) mass is 310 g/mol. The largest absolute Gasteiger partial charge is 0.392 e. The summed E-state index contributed by atoms with van der Waals surface area (Å²) in [6.45, 7) is 3.47. The smallest absolute Gasteiger partial charge is 0.240 e. The highest BCUT2D eigenvalue weighted by Gasteiger charge is 2.39. The molecule has 0 bridgehead atoms. The fourth-order valence-corrected chi connectivity index (χ4v) is 3.50. The molecule has 2 aliphatic heterocycles. The Morgan fingerprint density at radius 2 is 2.05 bits per heavy atom. The number of nitrogens with zero attached hydrogens (tertiary/aromatic N) is 1. The number of amides is 1. The number of likely N-dealkylation sites (tertiary alicyclic amines) is 1. The van der Waals surface area contributed by atoms with Gasteiger partial charge in [-0.2, -0.15) is 0 Å². The number of carbonyl (C=O) groups excluding carboxylic acids is 1. The number of aliphatic hydroxyl groups excluding tert-OH is 1. The van der Waals surface area contributed by atoms with Gasteiger partial charge in [0.1, 0.15) is 0 Å². The minimum absolute atomic E-state index is 0. The number of aliphatic hydroxyl groups is 1. The Labute approximate surface area is 131 Å². The van der Waals surface area contributed by atoms with E-state index >= 15 is 0 Å². The van der Waals surface area contributed by atoms with Crippen molar-refractivity contribution in [2.75, 3.05) is 13.1 Å². The first-order valence-electron chi connectivity index (χ1n) is 7.43. The summed E-state index contributed by atoms with van der Waals surface area (Å²) in [5.74, 6) is 0.568. The fourth-order valence-electron chi connectivity index (χ4n) is 3.50. The molecule has 0 radical (unpaired) electrons. The first kappa shape index (κ1) is 16.3. The van der Waals surface area contributed by atoms with Gasteiger partial charge in [-0.15, -0.1) is 12.4 Å². The summed E-state index contributed by atoms with van der Waals surface area (Å²) in [4.78, 5) is 14.5. The molecule has 2 saturated heterocycles. The maximum Gasteiger partial charge on any atom is 0.240 e. The van der Waals surface area contributed by atoms with Crippen molar-refractivity contribution in [1.29, 1.82) is 0 Å². The van der Waals surface area contributed by atoms with Crippen molar-refractivity contribution < 1.29 is 9.90 Å². The van der Waals surface area contributed by atoms with Crippen LogP contribution in [0.15, 0.2) is 30.3 Å². The minimum Gasteiger partial charge on any atom is -0.392 e. The number of hydrogen-bond donors (Lipinski definition) is 2. The summed E-state index contributed by atoms with van der Waals surface area (Å²) in [7, 11) is 0. The fraction of sp³-hybridized carbons (Fsp3) is 0.562. The summed E-state index contributed by atoms with van der Waals surface area (Å²) >= 11 is 0. The van der Waals surface area contributed by atoms with Crippen LogP contribution in [0.3, 0.4) is 0 Å². The molecule has 0 aromatic heterocycles. The number of carbonyl (C=O) groups is 1. The van der Waals surface area contributed by atoms with Crippen LogP contribution < -0.4 is 5.32 Å². The lowest BCUT2D eigenvalue weighted by atomic mass is 9.93. The SMILES string of the molecule is CC1C(c2ccccc2)CCN1C(=O)C1CC(O)CN1.Cl. The molecular weight excluding hydrogens is 288 g/mol. The van der Waals surface area contributed by atoms with E-state index in [0.29, 0.717) is 18.9 Å². The second-order valence-corrected chi connectivity index (χ2v) is 5.93. The Morgan fingerprint density at radius 1 is 1.33 bits per heavy atom. The van der Waals surface area contributed by atoms with E-state index in [1.165, 1.54) is 5.56 Å². The normalized spacial score (nSPS) is 32.0. The number of β-amino-alcohol motifs (C(OH)–C–C–N with tert-alkyl or cyclic N) is 1. The zero-order chi connectivity index (χ0) is 14.1. The van der Waals surface area contributed by atoms with Crippen LogP contribution in [0.5, 0.6) is 0 Å². The van der Waals surface area contributed by atoms with Crippen molar-refractivity contribution in [2.24, 2.45) is 0 Å². The van der Waals surface area contributed by atoms with E-state index < -0.39 is 0 Å². The molecule has 1 aromatic carbocycles. The van der Waals surface area contributed by atoms with Crippen molar-refractivity contribution in [3.05, 3.63) is 35.9 Å². The van der Waals surface area contributed by atoms with Crippen LogP contribution in [-0.2, 0) is 4.79 Å². The first-order valence-corrected chi connectivity index (χ1v) is 7.43. The zero-order valence-electron chi connectivity index (χ0n) is 12.2. The lowest BCUT2D eigenvalue weighted by Gasteiger charge is -2.27. The molecule has 2 aliphatic rings. The van der Waals surface area contributed by atoms with Gasteiger partial charge < -0.3 is 15.3 Å². The Hall–Kier alpha value is -1.10. The third-order valence-electron chi connectivity index (χ3n) is 4.67. The van der Waals surface area contributed by atoms with Crippen LogP contribution in [0.25, 0.3) is 0 Å². The van der Waals surface area contributed by atoms with Crippen molar-refractivity contribution in [3.63, 3.8) is 0 Å². The molecule has 4 nitrogen and oxygen atoms in total. The Balaban J connectivity index is 0.00000161. The van der Waals surface area contributed by atoms with Crippen LogP contribution in [0.2, 0.25) is 0 Å². The van der Waals surface area contributed by atoms with E-state index in [2.05, 4.69) is 36.5 Å². The van der Waals surface area contributed by atoms with Gasteiger partial charge >= 0.3 is 0 Å². The van der Waals surface area contributed by atoms with Crippen molar-refractivity contribution in [1.82, 2.24) is 10.2 Å². The molecule has 4 unspecified atom stereocenters. The molecule has 1 aromatic rings. The van der Waals surface area contributed by atoms with Gasteiger partial charge in [0.05, 0.1) is 12.1 Å². The summed E-state index contributed by atoms with van der Waals surface area (Å²) in [6.07, 6.45) is 1.18. The van der Waals surface area contributed by atoms with Crippen LogP contribution in [0, 0.1) is 0 Å². The predicted octanol–water partition coefficient (Wildman–Crippen LogP) is 1.54. The molecule has 0 saturated carbocycles. The number of nitrogens with one attached hydrogen (secondary N) is 1. The molecule has 2 N–H and O–H groups in total. The maximum atomic E-state index is 12.5. The predicted molar refractivity (Wildman–Crippen MR) is 84.6 cm³/mol. The van der Waals surface area contributed by atoms with Gasteiger partial charge in [-0.25, -0.2) is 0 Å². The standard InChI is InChI=1S/C16H22N2O2.ClH/c1-11-14(12-5-3-2-4-6-12)7-8-18(11)16(20)15-9-13(19)10-17-15;/h2-6,11,13-15,17,19H,7-10H2,1H3;1H. The summed E-state index contributed by atoms with van der Waals surface area (Å²) in [6, 6.07) is 10.4. The quantitative estimate of drug-likeness (QED) is 0.871. The highest BCUT2D eigenvalue weighted by Crippen LogP contribution is 2.33. The van der Waals surface area contributed by atoms with Gasteiger partial charge in [0.2, 0.25) is 5.91 Å². The second-order valence-electron chi connectivity index (χ2n) is 5.93. The van der Waals surface area contributed by atoms with Gasteiger partial charge in [0.15, 0.2) is 0 Å². The van der Waals surface area contributed by atoms with E-state index in [-0.39, 0.29) is 36.5 Å². The Morgan fingerprint density at radius 3 is 2.67 bits per heavy atom. The number of hydrogen-bond acceptors (Lipinski definition) is 3. The van der Waals surface area contributed by atoms with E-state index in [1.54, 1.807) is 0 Å². The molecule has 21 heavy (non-hydrogen) atoms. The van der Waals surface area contributed by atoms with E-state index in [1.807, 2.05) is 11.0 Å². The van der Waals surface area contributed by atoms with Gasteiger partial charge in [-0.1, -0.05) is 30.3 Å². The third kappa shape index (κ3) is 3.23. The zero-order valence-corrected chi connectivity index (χ0v) is 13.1. The van der Waals surface area contributed by atoms with Crippen LogP contribution in [0.1, 0.15) is 31.2 Å². The van der Waals surface area contributed by atoms with Crippen LogP contribution in [-0.4, -0.2) is 47.2 Å². The molecule has 4 atom stereocenters. The van der Waals surface area contributed by atoms with Crippen molar-refractivity contribution >= 4 is 18.3 Å². The molecule has 1 amide bonds. The first-order chi connectivity index (χ1) is 9.66. The maximum absolute atomic E-state index is 12.5. The Kier molecular flexibility index (Phi) is 5.25. The second kappa shape index (κ2) is 6.77. The molecule has 0 aliphatic carbocycles. The molecule has 5 heteroatoms. The van der Waals surface area contributed by atoms with Crippen molar-refractivity contribution in [3.8, 4) is 0 Å². The van der Waals surface area contributed by atoms with Crippen molar-refractivity contribution in [2.45, 2.75) is 43.9 Å². The van der Waals surface area contributed by atoms with Gasteiger partial charge in [-0.05, 0) is 25.3 Å². The lowest BCUT2D eigenvalue weighted by molar-refractivity contribution is -0.133. The van der Waals surface area contributed by atoms with E-state index in [0.717, 1.165) is 13.0 Å². The van der Waals surface area contributed by atoms with Gasteiger partial charge in [0, 0.05) is 25.0 Å². The number of rotatable bonds is 2. The summed E-state index contributed by atoms with van der Waals surface area (Å²) in [5, 5.41) is 12.7. The molecule has 116 valence electrons. The molecule has 0 spiro atoms. The Bertz CT molecular complexity index is 482. The average molecular weight is 311 g/mol. The third-order valence-corrected chi connectivity index (χ3v) is 4.67. The molecule has 2 heterocycles. The highest BCUT2D eigenvalue weighted by atomic mass is 35.5. The number of halogens is 1. The van der Waals surface area contributed by atoms with Crippen LogP contribution >= 0.6 is 12.4 Å². The summed E-state index contributed by atoms with van der Waals surface area (Å²) in [5.41, 5.74) is 1.31. The molecule has 3 rings (SSSR count). The average Bonchev–Trinajstić information content (AvgIpc) is 3.05. The van der Waals surface area contributed by atoms with Gasteiger partial charge in [-0.3, -0.25) is 4.79 Å². The highest BCUT2D eigenvalue weighted by molar-refractivity contribution is 5.85. The van der Waals surface area contributed by atoms with Gasteiger partial charge in [0.25, 0.3) is 0 Å². The molecule has 2 fully saturated rings. The topological polar surface area (TPSA) is 52.6 Å². The van der Waals surface area contributed by atoms with Crippen LogP contribution in [0.4, 0.5) is 0 Å². The molecular formula is C16H23ClN2O2. The minimum atomic E-state index is -0.383. The lowest BCUT2D eigenvalue weighted by Crippen LogP contribution is -2.45. The number of benzene rings is 1. The summed E-state index contributed by atoms with van der Waals surface area (Å²) < 4.78 is 0.